The molecule has 3 rings (SSSR count). The number of carbonyl (C=O) groups excluding carboxylic acids is 1. The van der Waals surface area contributed by atoms with E-state index in [1.54, 1.807) is 4.90 Å². The molecular weight excluding hydrogens is 377 g/mol. The standard InChI is InChI=1S/C19H21F3N2O2S/c1-26-15-12-16(14-6-3-2-4-7-14)27-17(15)18(25)24-9-5-8-23(10-11-24)13-19(20,21)22/h2-4,6-7,12H,5,8-11,13H2,1H3. The molecule has 1 aromatic carbocycles. The number of nitrogens with zero attached hydrogens (tertiary/aromatic N) is 2. The highest BCUT2D eigenvalue weighted by Gasteiger charge is 2.32. The average molecular weight is 398 g/mol. The number of carbonyl (C=O) groups is 1. The zero-order chi connectivity index (χ0) is 19.4. The fraction of sp³-hybridized carbons (Fsp3) is 0.421. The van der Waals surface area contributed by atoms with Crippen LogP contribution in [0.2, 0.25) is 0 Å². The Labute approximate surface area is 160 Å². The number of alkyl halides is 3. The van der Waals surface area contributed by atoms with E-state index in [0.717, 1.165) is 10.4 Å². The van der Waals surface area contributed by atoms with Crippen molar-refractivity contribution in [2.75, 3.05) is 39.8 Å². The van der Waals surface area contributed by atoms with Crippen molar-refractivity contribution in [1.29, 1.82) is 0 Å². The van der Waals surface area contributed by atoms with Crippen molar-refractivity contribution in [3.05, 3.63) is 41.3 Å². The molecule has 1 fully saturated rings. The van der Waals surface area contributed by atoms with E-state index in [-0.39, 0.29) is 19.0 Å². The summed E-state index contributed by atoms with van der Waals surface area (Å²) in [5, 5.41) is 0. The van der Waals surface area contributed by atoms with Gasteiger partial charge in [-0.25, -0.2) is 0 Å². The first-order valence-electron chi connectivity index (χ1n) is 8.69. The summed E-state index contributed by atoms with van der Waals surface area (Å²) in [6, 6.07) is 11.5. The van der Waals surface area contributed by atoms with Crippen LogP contribution in [0.4, 0.5) is 13.2 Å². The molecule has 0 bridgehead atoms. The van der Waals surface area contributed by atoms with Gasteiger partial charge in [0.2, 0.25) is 0 Å². The first kappa shape index (κ1) is 19.7. The summed E-state index contributed by atoms with van der Waals surface area (Å²) in [4.78, 5) is 17.4. The lowest BCUT2D eigenvalue weighted by Gasteiger charge is -2.22. The van der Waals surface area contributed by atoms with Crippen molar-refractivity contribution >= 4 is 17.2 Å². The minimum atomic E-state index is -4.22. The molecule has 0 atom stereocenters. The third-order valence-corrected chi connectivity index (χ3v) is 5.60. The number of ether oxygens (including phenoxy) is 1. The maximum absolute atomic E-state index is 13.0. The van der Waals surface area contributed by atoms with Crippen molar-refractivity contribution in [3.8, 4) is 16.2 Å². The summed E-state index contributed by atoms with van der Waals surface area (Å²) >= 11 is 1.35. The molecule has 1 aliphatic rings. The SMILES string of the molecule is COc1cc(-c2ccccc2)sc1C(=O)N1CCCN(CC(F)(F)F)CC1. The lowest BCUT2D eigenvalue weighted by molar-refractivity contribution is -0.145. The molecule has 27 heavy (non-hydrogen) atoms. The Morgan fingerprint density at radius 1 is 1.15 bits per heavy atom. The number of benzene rings is 1. The van der Waals surface area contributed by atoms with Crippen molar-refractivity contribution in [1.82, 2.24) is 9.80 Å². The molecule has 2 heterocycles. The molecule has 0 aliphatic carbocycles. The van der Waals surface area contributed by atoms with Gasteiger partial charge in [-0.2, -0.15) is 13.2 Å². The van der Waals surface area contributed by atoms with Crippen LogP contribution in [0.3, 0.4) is 0 Å². The van der Waals surface area contributed by atoms with Crippen LogP contribution in [0.5, 0.6) is 5.75 Å². The van der Waals surface area contributed by atoms with Gasteiger partial charge in [0, 0.05) is 31.1 Å². The van der Waals surface area contributed by atoms with Gasteiger partial charge < -0.3 is 9.64 Å². The predicted molar refractivity (Wildman–Crippen MR) is 99.3 cm³/mol. The maximum Gasteiger partial charge on any atom is 0.401 e. The molecule has 1 amide bonds. The molecule has 1 saturated heterocycles. The summed E-state index contributed by atoms with van der Waals surface area (Å²) in [5.41, 5.74) is 0.993. The van der Waals surface area contributed by atoms with E-state index in [4.69, 9.17) is 4.74 Å². The van der Waals surface area contributed by atoms with E-state index in [1.165, 1.54) is 23.3 Å². The Bertz CT molecular complexity index is 777. The fourth-order valence-electron chi connectivity index (χ4n) is 3.15. The molecule has 4 nitrogen and oxygen atoms in total. The second-order valence-corrected chi connectivity index (χ2v) is 7.46. The van der Waals surface area contributed by atoms with Gasteiger partial charge in [0.25, 0.3) is 5.91 Å². The van der Waals surface area contributed by atoms with Crippen molar-refractivity contribution < 1.29 is 22.7 Å². The molecule has 2 aromatic rings. The third-order valence-electron chi connectivity index (χ3n) is 4.45. The van der Waals surface area contributed by atoms with Crippen molar-refractivity contribution in [3.63, 3.8) is 0 Å². The highest BCUT2D eigenvalue weighted by Crippen LogP contribution is 2.37. The molecule has 0 N–H and O–H groups in total. The van der Waals surface area contributed by atoms with Crippen molar-refractivity contribution in [2.24, 2.45) is 0 Å². The number of hydrogen-bond acceptors (Lipinski definition) is 4. The van der Waals surface area contributed by atoms with E-state index in [0.29, 0.717) is 30.1 Å². The van der Waals surface area contributed by atoms with Gasteiger partial charge in [-0.15, -0.1) is 11.3 Å². The van der Waals surface area contributed by atoms with Gasteiger partial charge in [0.15, 0.2) is 0 Å². The average Bonchev–Trinajstić information content (AvgIpc) is 2.95. The van der Waals surface area contributed by atoms with Crippen LogP contribution in [-0.4, -0.2) is 61.7 Å². The van der Waals surface area contributed by atoms with Gasteiger partial charge in [-0.1, -0.05) is 30.3 Å². The monoisotopic (exact) mass is 398 g/mol. The van der Waals surface area contributed by atoms with E-state index >= 15 is 0 Å². The molecule has 1 aromatic heterocycles. The zero-order valence-electron chi connectivity index (χ0n) is 15.0. The molecular formula is C19H21F3N2O2S. The quantitative estimate of drug-likeness (QED) is 0.776. The Kier molecular flexibility index (Phi) is 6.06. The topological polar surface area (TPSA) is 32.8 Å². The summed E-state index contributed by atoms with van der Waals surface area (Å²) in [5.74, 6) is 0.313. The highest BCUT2D eigenvalue weighted by atomic mass is 32.1. The van der Waals surface area contributed by atoms with Gasteiger partial charge in [-0.3, -0.25) is 9.69 Å². The first-order valence-corrected chi connectivity index (χ1v) is 9.50. The van der Waals surface area contributed by atoms with Crippen LogP contribution in [0.25, 0.3) is 10.4 Å². The number of halogens is 3. The molecule has 0 radical (unpaired) electrons. The van der Waals surface area contributed by atoms with Gasteiger partial charge >= 0.3 is 6.18 Å². The van der Waals surface area contributed by atoms with E-state index in [9.17, 15) is 18.0 Å². The van der Waals surface area contributed by atoms with Gasteiger partial charge in [0.05, 0.1) is 13.7 Å². The van der Waals surface area contributed by atoms with Crippen LogP contribution in [0.15, 0.2) is 36.4 Å². The molecule has 1 aliphatic heterocycles. The number of amides is 1. The van der Waals surface area contributed by atoms with Crippen molar-refractivity contribution in [2.45, 2.75) is 12.6 Å². The Balaban J connectivity index is 1.75. The van der Waals surface area contributed by atoms with Crippen LogP contribution in [-0.2, 0) is 0 Å². The third kappa shape index (κ3) is 5.01. The summed E-state index contributed by atoms with van der Waals surface area (Å²) in [6.45, 7) is 0.325. The largest absolute Gasteiger partial charge is 0.495 e. The zero-order valence-corrected chi connectivity index (χ0v) is 15.8. The van der Waals surface area contributed by atoms with Crippen LogP contribution >= 0.6 is 11.3 Å². The molecule has 146 valence electrons. The van der Waals surface area contributed by atoms with Crippen LogP contribution in [0.1, 0.15) is 16.1 Å². The van der Waals surface area contributed by atoms with Gasteiger partial charge in [-0.05, 0) is 18.1 Å². The van der Waals surface area contributed by atoms with Gasteiger partial charge in [0.1, 0.15) is 10.6 Å². The summed E-state index contributed by atoms with van der Waals surface area (Å²) < 4.78 is 43.2. The minimum absolute atomic E-state index is 0.187. The minimum Gasteiger partial charge on any atom is -0.495 e. The maximum atomic E-state index is 13.0. The summed E-state index contributed by atoms with van der Waals surface area (Å²) in [6.07, 6.45) is -3.71. The number of methoxy groups -OCH3 is 1. The van der Waals surface area contributed by atoms with E-state index in [2.05, 4.69) is 0 Å². The highest BCUT2D eigenvalue weighted by molar-refractivity contribution is 7.17. The number of rotatable bonds is 4. The molecule has 0 saturated carbocycles. The lowest BCUT2D eigenvalue weighted by atomic mass is 10.2. The second-order valence-electron chi connectivity index (χ2n) is 6.41. The van der Waals surface area contributed by atoms with Crippen LogP contribution < -0.4 is 4.74 Å². The molecule has 0 spiro atoms. The predicted octanol–water partition coefficient (Wildman–Crippen LogP) is 4.13. The normalized spacial score (nSPS) is 16.2. The Morgan fingerprint density at radius 3 is 2.56 bits per heavy atom. The Hall–Kier alpha value is -2.06. The fourth-order valence-corrected chi connectivity index (χ4v) is 4.25. The first-order chi connectivity index (χ1) is 12.9. The van der Waals surface area contributed by atoms with Crippen LogP contribution in [0, 0.1) is 0 Å². The molecule has 8 heteroatoms. The van der Waals surface area contributed by atoms with E-state index in [1.807, 2.05) is 36.4 Å². The Morgan fingerprint density at radius 2 is 1.89 bits per heavy atom. The lowest BCUT2D eigenvalue weighted by Crippen LogP contribution is -2.38. The second kappa shape index (κ2) is 8.31. The smallest absolute Gasteiger partial charge is 0.401 e. The van der Waals surface area contributed by atoms with E-state index < -0.39 is 12.7 Å². The molecule has 0 unspecified atom stereocenters. The number of hydrogen-bond donors (Lipinski definition) is 0. The summed E-state index contributed by atoms with van der Waals surface area (Å²) in [7, 11) is 1.51. The number of thiophene rings is 1.